The maximum atomic E-state index is 13.5. The minimum atomic E-state index is -4.17. The summed E-state index contributed by atoms with van der Waals surface area (Å²) in [5, 5.41) is 9.54. The summed E-state index contributed by atoms with van der Waals surface area (Å²) < 4.78 is 24.7. The monoisotopic (exact) mass is 458 g/mol. The molecule has 3 rings (SSSR count). The van der Waals surface area contributed by atoms with Crippen molar-refractivity contribution in [1.29, 1.82) is 0 Å². The molecule has 3 N–H and O–H groups in total. The predicted molar refractivity (Wildman–Crippen MR) is 117 cm³/mol. The summed E-state index contributed by atoms with van der Waals surface area (Å²) in [5.41, 5.74) is 2.78. The van der Waals surface area contributed by atoms with E-state index in [1.165, 1.54) is 12.1 Å². The average molecular weight is 458 g/mol. The summed E-state index contributed by atoms with van der Waals surface area (Å²) in [4.78, 5) is 36.3. The molecule has 3 aromatic rings. The van der Waals surface area contributed by atoms with Crippen LogP contribution in [-0.2, 0) is 28.6 Å². The Kier molecular flexibility index (Phi) is 7.88. The van der Waals surface area contributed by atoms with Crippen LogP contribution in [0.15, 0.2) is 72.9 Å². The summed E-state index contributed by atoms with van der Waals surface area (Å²) in [5.74, 6) is -1.39. The Morgan fingerprint density at radius 1 is 0.969 bits per heavy atom. The number of pyridine rings is 1. The number of nitrogens with zero attached hydrogens (tertiary/aromatic N) is 2. The van der Waals surface area contributed by atoms with Crippen molar-refractivity contribution >= 4 is 13.6 Å². The van der Waals surface area contributed by atoms with Crippen LogP contribution >= 0.6 is 7.60 Å². The topological polar surface area (TPSA) is 111 Å². The zero-order chi connectivity index (χ0) is 23.1. The van der Waals surface area contributed by atoms with Crippen molar-refractivity contribution in [2.75, 3.05) is 0 Å². The molecule has 0 spiro atoms. The van der Waals surface area contributed by atoms with Gasteiger partial charge in [0.15, 0.2) is 0 Å². The van der Waals surface area contributed by atoms with E-state index in [0.29, 0.717) is 24.2 Å². The molecule has 0 aliphatic heterocycles. The number of benzene rings is 2. The summed E-state index contributed by atoms with van der Waals surface area (Å²) >= 11 is 0. The van der Waals surface area contributed by atoms with Gasteiger partial charge in [-0.15, -0.1) is 0 Å². The van der Waals surface area contributed by atoms with Crippen LogP contribution < -0.4 is 0 Å². The fourth-order valence-corrected chi connectivity index (χ4v) is 4.19. The number of carboxylic acids is 1. The molecule has 7 nitrogen and oxygen atoms in total. The van der Waals surface area contributed by atoms with Gasteiger partial charge in [0.2, 0.25) is 0 Å². The molecule has 0 aliphatic carbocycles. The van der Waals surface area contributed by atoms with E-state index in [1.54, 1.807) is 48.7 Å². The number of aliphatic carboxylic acids is 1. The number of carbonyl (C=O) groups is 1. The second-order valence-corrected chi connectivity index (χ2v) is 9.18. The second-order valence-electron chi connectivity index (χ2n) is 7.53. The van der Waals surface area contributed by atoms with Crippen molar-refractivity contribution in [2.24, 2.45) is 0 Å². The quantitative estimate of drug-likeness (QED) is 0.392. The average Bonchev–Trinajstić information content (AvgIpc) is 2.73. The molecule has 32 heavy (non-hydrogen) atoms. The van der Waals surface area contributed by atoms with Crippen LogP contribution in [-0.4, -0.2) is 30.7 Å². The van der Waals surface area contributed by atoms with Crippen LogP contribution in [0.25, 0.3) is 0 Å². The second kappa shape index (κ2) is 10.6. The third-order valence-electron chi connectivity index (χ3n) is 4.95. The van der Waals surface area contributed by atoms with Crippen molar-refractivity contribution in [3.63, 3.8) is 0 Å². The van der Waals surface area contributed by atoms with Crippen LogP contribution in [0.1, 0.15) is 34.8 Å². The zero-order valence-corrected chi connectivity index (χ0v) is 18.1. The Bertz CT molecular complexity index is 1070. The molecule has 1 heterocycles. The van der Waals surface area contributed by atoms with Crippen molar-refractivity contribution in [3.05, 3.63) is 101 Å². The molecule has 1 unspecified atom stereocenters. The Balaban J connectivity index is 1.91. The van der Waals surface area contributed by atoms with Crippen molar-refractivity contribution in [2.45, 2.75) is 31.7 Å². The first-order chi connectivity index (χ1) is 15.2. The van der Waals surface area contributed by atoms with E-state index in [9.17, 15) is 18.9 Å². The van der Waals surface area contributed by atoms with E-state index in [4.69, 9.17) is 9.79 Å². The molecule has 0 aliphatic rings. The third-order valence-corrected chi connectivity index (χ3v) is 5.73. The fourth-order valence-electron chi connectivity index (χ4n) is 3.51. The summed E-state index contributed by atoms with van der Waals surface area (Å²) in [7, 11) is -4.17. The highest BCUT2D eigenvalue weighted by molar-refractivity contribution is 7.50. The van der Waals surface area contributed by atoms with Crippen molar-refractivity contribution in [1.82, 2.24) is 9.88 Å². The van der Waals surface area contributed by atoms with Gasteiger partial charge in [-0.05, 0) is 41.0 Å². The molecule has 1 atom stereocenters. The van der Waals surface area contributed by atoms with Gasteiger partial charge in [0.25, 0.3) is 0 Å². The first-order valence-corrected chi connectivity index (χ1v) is 11.7. The lowest BCUT2D eigenvalue weighted by molar-refractivity contribution is -0.138. The maximum absolute atomic E-state index is 13.5. The number of aromatic nitrogens is 1. The normalized spacial score (nSPS) is 12.6. The number of halogens is 1. The van der Waals surface area contributed by atoms with Gasteiger partial charge >= 0.3 is 13.6 Å². The highest BCUT2D eigenvalue weighted by Gasteiger charge is 2.24. The van der Waals surface area contributed by atoms with E-state index >= 15 is 0 Å². The van der Waals surface area contributed by atoms with Gasteiger partial charge in [-0.25, -0.2) is 4.39 Å². The minimum Gasteiger partial charge on any atom is -0.481 e. The van der Waals surface area contributed by atoms with Gasteiger partial charge in [0.1, 0.15) is 5.82 Å². The summed E-state index contributed by atoms with van der Waals surface area (Å²) in [6.45, 7) is 0.725. The van der Waals surface area contributed by atoms with Gasteiger partial charge in [-0.3, -0.25) is 19.2 Å². The van der Waals surface area contributed by atoms with Crippen molar-refractivity contribution < 1.29 is 28.6 Å². The molecule has 0 saturated carbocycles. The molecular formula is C23H24FN2O5P. The molecule has 0 saturated heterocycles. The predicted octanol–water partition coefficient (Wildman–Crippen LogP) is 4.12. The van der Waals surface area contributed by atoms with E-state index in [0.717, 1.165) is 11.3 Å². The molecule has 0 fully saturated rings. The SMILES string of the molecule is O=C(O)CC(c1ccc(F)cc1)N(Cc1ccc(CP(=O)(O)O)cc1)Cc1ccccn1. The lowest BCUT2D eigenvalue weighted by Crippen LogP contribution is -2.30. The van der Waals surface area contributed by atoms with Crippen LogP contribution in [0.4, 0.5) is 4.39 Å². The molecule has 9 heteroatoms. The van der Waals surface area contributed by atoms with Gasteiger partial charge < -0.3 is 14.9 Å². The van der Waals surface area contributed by atoms with E-state index in [1.807, 2.05) is 17.0 Å². The number of rotatable bonds is 10. The number of carboxylic acid groups (broad SMARTS) is 1. The third kappa shape index (κ3) is 7.35. The molecule has 0 bridgehead atoms. The Hall–Kier alpha value is -2.90. The number of hydrogen-bond acceptors (Lipinski definition) is 4. The highest BCUT2D eigenvalue weighted by Crippen LogP contribution is 2.39. The van der Waals surface area contributed by atoms with Crippen LogP contribution in [0.2, 0.25) is 0 Å². The van der Waals surface area contributed by atoms with Gasteiger partial charge in [-0.2, -0.15) is 0 Å². The fraction of sp³-hybridized carbons (Fsp3) is 0.217. The zero-order valence-electron chi connectivity index (χ0n) is 17.2. The van der Waals surface area contributed by atoms with Crippen LogP contribution in [0, 0.1) is 5.82 Å². The first-order valence-electron chi connectivity index (χ1n) is 9.93. The first kappa shape index (κ1) is 23.8. The molecule has 1 aromatic heterocycles. The number of hydrogen-bond donors (Lipinski definition) is 3. The highest BCUT2D eigenvalue weighted by atomic mass is 31.2. The maximum Gasteiger partial charge on any atom is 0.329 e. The Morgan fingerprint density at radius 3 is 2.19 bits per heavy atom. The van der Waals surface area contributed by atoms with Gasteiger partial charge in [0.05, 0.1) is 18.3 Å². The van der Waals surface area contributed by atoms with Crippen LogP contribution in [0.3, 0.4) is 0 Å². The standard InChI is InChI=1S/C23H24FN2O5P/c24-20-10-8-19(9-11-20)22(13-23(27)28)26(15-21-3-1-2-12-25-21)14-17-4-6-18(7-5-17)16-32(29,30)31/h1-12,22H,13-16H2,(H,27,28)(H2,29,30,31). The van der Waals surface area contributed by atoms with E-state index in [2.05, 4.69) is 4.98 Å². The Labute approximate surface area is 185 Å². The molecule has 0 amide bonds. The van der Waals surface area contributed by atoms with Crippen LogP contribution in [0.5, 0.6) is 0 Å². The van der Waals surface area contributed by atoms with Gasteiger partial charge in [0, 0.05) is 25.3 Å². The molecule has 2 aromatic carbocycles. The lowest BCUT2D eigenvalue weighted by Gasteiger charge is -2.31. The Morgan fingerprint density at radius 2 is 1.62 bits per heavy atom. The lowest BCUT2D eigenvalue weighted by atomic mass is 10.00. The molecule has 168 valence electrons. The van der Waals surface area contributed by atoms with Crippen molar-refractivity contribution in [3.8, 4) is 0 Å². The summed E-state index contributed by atoms with van der Waals surface area (Å²) in [6.07, 6.45) is 1.13. The summed E-state index contributed by atoms with van der Waals surface area (Å²) in [6, 6.07) is 17.6. The van der Waals surface area contributed by atoms with E-state index < -0.39 is 25.4 Å². The van der Waals surface area contributed by atoms with E-state index in [-0.39, 0.29) is 12.6 Å². The smallest absolute Gasteiger partial charge is 0.329 e. The molecule has 0 radical (unpaired) electrons. The molecular weight excluding hydrogens is 434 g/mol. The van der Waals surface area contributed by atoms with Gasteiger partial charge in [-0.1, -0.05) is 42.5 Å². The minimum absolute atomic E-state index is 0.186. The largest absolute Gasteiger partial charge is 0.481 e.